The van der Waals surface area contributed by atoms with Crippen molar-refractivity contribution in [1.29, 1.82) is 0 Å². The number of likely N-dealkylation sites (N-methyl/N-ethyl adjacent to an activating group) is 1. The predicted octanol–water partition coefficient (Wildman–Crippen LogP) is 1.70. The number of carbonyl (C=O) groups is 3. The number of nitrogens with two attached hydrogens (primary N) is 1. The number of anilines is 1. The van der Waals surface area contributed by atoms with Gasteiger partial charge >= 0.3 is 0 Å². The third kappa shape index (κ3) is 4.58. The molecule has 0 aliphatic heterocycles. The molecular weight excluding hydrogens is 540 g/mol. The van der Waals surface area contributed by atoms with Crippen LogP contribution in [0.3, 0.4) is 0 Å². The number of phenolic OH excluding ortho intramolecular Hbond substituents is 1. The minimum Gasteiger partial charge on any atom is -0.508 e. The van der Waals surface area contributed by atoms with Gasteiger partial charge in [-0.1, -0.05) is 19.3 Å². The van der Waals surface area contributed by atoms with E-state index in [0.717, 1.165) is 12.2 Å². The highest BCUT2D eigenvalue weighted by Crippen LogP contribution is 2.54. The van der Waals surface area contributed by atoms with Crippen LogP contribution in [0.25, 0.3) is 5.76 Å². The molecule has 1 aromatic rings. The minimum atomic E-state index is -2.65. The van der Waals surface area contributed by atoms with Crippen LogP contribution in [-0.4, -0.2) is 89.2 Å². The van der Waals surface area contributed by atoms with Gasteiger partial charge in [-0.2, -0.15) is 0 Å². The number of rotatable bonds is 7. The molecule has 1 amide bonds. The largest absolute Gasteiger partial charge is 0.508 e. The fourth-order valence-electron chi connectivity index (χ4n) is 7.68. The van der Waals surface area contributed by atoms with E-state index in [-0.39, 0.29) is 29.7 Å². The van der Waals surface area contributed by atoms with Gasteiger partial charge in [0.15, 0.2) is 11.4 Å². The SMILES string of the molecule is CN(C)c1cc(CNCC2CCCCC2)c(O)c2c1C[C@@H]1C[C@@H]3[C@@H](N(C)C)C(=O)C(C(N)=O)=C(O)[C@]3(O)C(=O)C1=C2O. The molecule has 5 rings (SSSR count). The number of fused-ring (bicyclic) bond motifs is 3. The zero-order chi connectivity index (χ0) is 30.7. The number of carbonyl (C=O) groups excluding carboxylic acids is 3. The van der Waals surface area contributed by atoms with Crippen molar-refractivity contribution in [2.45, 2.75) is 63.1 Å². The summed E-state index contributed by atoms with van der Waals surface area (Å²) in [5.41, 5.74) is 3.90. The summed E-state index contributed by atoms with van der Waals surface area (Å²) in [6, 6.07) is 0.781. The average molecular weight is 583 g/mol. The maximum Gasteiger partial charge on any atom is 0.255 e. The molecule has 0 saturated heterocycles. The Morgan fingerprint density at radius 3 is 2.36 bits per heavy atom. The number of aliphatic hydroxyl groups excluding tert-OH is 2. The fourth-order valence-corrected chi connectivity index (χ4v) is 7.68. The van der Waals surface area contributed by atoms with Gasteiger partial charge in [-0.05, 0) is 69.8 Å². The van der Waals surface area contributed by atoms with Crippen molar-refractivity contribution in [2.75, 3.05) is 39.6 Å². The van der Waals surface area contributed by atoms with Gasteiger partial charge in [0.25, 0.3) is 5.91 Å². The molecule has 11 heteroatoms. The Bertz CT molecular complexity index is 1390. The average Bonchev–Trinajstić information content (AvgIpc) is 2.92. The fraction of sp³-hybridized carbons (Fsp3) is 0.581. The normalized spacial score (nSPS) is 28.1. The van der Waals surface area contributed by atoms with Gasteiger partial charge < -0.3 is 36.4 Å². The number of aliphatic hydroxyl groups is 3. The highest BCUT2D eigenvalue weighted by atomic mass is 16.3. The van der Waals surface area contributed by atoms with E-state index in [2.05, 4.69) is 5.32 Å². The third-order valence-corrected chi connectivity index (χ3v) is 9.73. The van der Waals surface area contributed by atoms with E-state index in [4.69, 9.17) is 5.73 Å². The van der Waals surface area contributed by atoms with Crippen LogP contribution < -0.4 is 16.0 Å². The Morgan fingerprint density at radius 1 is 1.10 bits per heavy atom. The Balaban J connectivity index is 1.60. The van der Waals surface area contributed by atoms with Crippen LogP contribution in [-0.2, 0) is 27.3 Å². The molecule has 11 nitrogen and oxygen atoms in total. The van der Waals surface area contributed by atoms with Crippen molar-refractivity contribution in [2.24, 2.45) is 23.5 Å². The predicted molar refractivity (Wildman–Crippen MR) is 157 cm³/mol. The van der Waals surface area contributed by atoms with Gasteiger partial charge in [-0.15, -0.1) is 0 Å². The molecule has 42 heavy (non-hydrogen) atoms. The molecule has 1 aromatic carbocycles. The maximum atomic E-state index is 14.1. The number of ketones is 2. The van der Waals surface area contributed by atoms with E-state index in [1.54, 1.807) is 14.1 Å². The van der Waals surface area contributed by atoms with Gasteiger partial charge in [0.1, 0.15) is 22.8 Å². The van der Waals surface area contributed by atoms with E-state index in [1.165, 1.54) is 37.0 Å². The van der Waals surface area contributed by atoms with Crippen molar-refractivity contribution < 1.29 is 34.8 Å². The number of hydrogen-bond acceptors (Lipinski definition) is 10. The van der Waals surface area contributed by atoms with Crippen LogP contribution in [0.4, 0.5) is 5.69 Å². The van der Waals surface area contributed by atoms with Gasteiger partial charge in [-0.25, -0.2) is 0 Å². The Kier molecular flexibility index (Phi) is 7.88. The van der Waals surface area contributed by atoms with E-state index >= 15 is 0 Å². The van der Waals surface area contributed by atoms with Gasteiger partial charge in [0, 0.05) is 43.4 Å². The molecule has 0 unspecified atom stereocenters. The number of phenols is 1. The maximum absolute atomic E-state index is 14.1. The first-order valence-electron chi connectivity index (χ1n) is 14.7. The molecule has 4 aliphatic carbocycles. The molecule has 0 aromatic heterocycles. The molecule has 228 valence electrons. The molecule has 2 fully saturated rings. The highest BCUT2D eigenvalue weighted by molar-refractivity contribution is 6.24. The van der Waals surface area contributed by atoms with E-state index < -0.39 is 58.0 Å². The Hall–Kier alpha value is -3.41. The lowest BCUT2D eigenvalue weighted by molar-refractivity contribution is -0.153. The third-order valence-electron chi connectivity index (χ3n) is 9.73. The molecule has 0 spiro atoms. The van der Waals surface area contributed by atoms with Crippen LogP contribution in [0.15, 0.2) is 23.0 Å². The van der Waals surface area contributed by atoms with Crippen molar-refractivity contribution in [3.8, 4) is 5.75 Å². The lowest BCUT2D eigenvalue weighted by Gasteiger charge is -2.50. The number of benzene rings is 1. The minimum absolute atomic E-state index is 0.0596. The summed E-state index contributed by atoms with van der Waals surface area (Å²) in [5, 5.41) is 49.4. The molecular formula is C31H42N4O7. The number of amides is 1. The summed E-state index contributed by atoms with van der Waals surface area (Å²) in [4.78, 5) is 42.9. The number of nitrogens with one attached hydrogen (secondary N) is 1. The molecule has 0 heterocycles. The van der Waals surface area contributed by atoms with Crippen molar-refractivity contribution in [3.05, 3.63) is 39.7 Å². The van der Waals surface area contributed by atoms with Crippen molar-refractivity contribution >= 4 is 28.9 Å². The Morgan fingerprint density at radius 2 is 1.76 bits per heavy atom. The molecule has 7 N–H and O–H groups in total. The summed E-state index contributed by atoms with van der Waals surface area (Å²) < 4.78 is 0. The van der Waals surface area contributed by atoms with Crippen LogP contribution >= 0.6 is 0 Å². The highest BCUT2D eigenvalue weighted by Gasteiger charge is 2.64. The number of aromatic hydroxyl groups is 1. The molecule has 0 bridgehead atoms. The quantitative estimate of drug-likeness (QED) is 0.259. The van der Waals surface area contributed by atoms with E-state index in [9.17, 15) is 34.8 Å². The lowest BCUT2D eigenvalue weighted by atomic mass is 9.57. The van der Waals surface area contributed by atoms with Crippen LogP contribution in [0.1, 0.15) is 55.2 Å². The number of Topliss-reactive ketones (excluding diaryl/α,β-unsaturated/α-hetero) is 2. The summed E-state index contributed by atoms with van der Waals surface area (Å²) in [7, 11) is 6.89. The summed E-state index contributed by atoms with van der Waals surface area (Å²) in [6.07, 6.45) is 6.37. The second-order valence-corrected chi connectivity index (χ2v) is 12.7. The Labute approximate surface area is 245 Å². The monoisotopic (exact) mass is 582 g/mol. The molecule has 4 aliphatic rings. The first-order valence-corrected chi connectivity index (χ1v) is 14.7. The van der Waals surface area contributed by atoms with Gasteiger partial charge in [0.2, 0.25) is 5.78 Å². The van der Waals surface area contributed by atoms with Crippen LogP contribution in [0.5, 0.6) is 5.75 Å². The lowest BCUT2D eigenvalue weighted by Crippen LogP contribution is -2.65. The van der Waals surface area contributed by atoms with Gasteiger partial charge in [0.05, 0.1) is 11.6 Å². The zero-order valence-electron chi connectivity index (χ0n) is 24.7. The number of hydrogen-bond donors (Lipinski definition) is 6. The van der Waals surface area contributed by atoms with E-state index in [0.29, 0.717) is 23.6 Å². The number of primary amides is 1. The van der Waals surface area contributed by atoms with E-state index in [1.807, 2.05) is 25.1 Å². The first-order chi connectivity index (χ1) is 19.8. The first kappa shape index (κ1) is 30.1. The summed E-state index contributed by atoms with van der Waals surface area (Å²) in [5.74, 6) is -5.87. The summed E-state index contributed by atoms with van der Waals surface area (Å²) >= 11 is 0. The van der Waals surface area contributed by atoms with Crippen molar-refractivity contribution in [3.63, 3.8) is 0 Å². The van der Waals surface area contributed by atoms with Crippen LogP contribution in [0, 0.1) is 17.8 Å². The second kappa shape index (κ2) is 11.0. The molecule has 0 radical (unpaired) electrons. The van der Waals surface area contributed by atoms with Crippen LogP contribution in [0.2, 0.25) is 0 Å². The number of nitrogens with zero attached hydrogens (tertiary/aromatic N) is 2. The zero-order valence-corrected chi connectivity index (χ0v) is 24.7. The van der Waals surface area contributed by atoms with Gasteiger partial charge in [-0.3, -0.25) is 19.3 Å². The standard InChI is InChI=1S/C31H42N4O7/c1-34(2)20-12-17(14-33-13-15-8-6-5-7-9-15)25(36)22-18(20)10-16-11-19-24(35(3)4)27(38)23(30(32)41)29(40)31(19,42)28(39)21(16)26(22)37/h12,15-16,19,24,33,36-37,40,42H,5-11,13-14H2,1-4H3,(H2,32,41)/t16-,19-,24-,31-/m1/s1. The second-order valence-electron chi connectivity index (χ2n) is 12.7. The summed E-state index contributed by atoms with van der Waals surface area (Å²) in [6.45, 7) is 1.18. The van der Waals surface area contributed by atoms with Crippen molar-refractivity contribution in [1.82, 2.24) is 10.2 Å². The smallest absolute Gasteiger partial charge is 0.255 e. The molecule has 4 atom stereocenters. The topological polar surface area (TPSA) is 177 Å². The molecule has 2 saturated carbocycles.